The van der Waals surface area contributed by atoms with Gasteiger partial charge in [0.2, 0.25) is 0 Å². The molecule has 0 saturated carbocycles. The topological polar surface area (TPSA) is 40.5 Å². The van der Waals surface area contributed by atoms with Gasteiger partial charge in [0.1, 0.15) is 0 Å². The summed E-state index contributed by atoms with van der Waals surface area (Å²) in [5.41, 5.74) is -0.565. The van der Waals surface area contributed by atoms with Crippen LogP contribution in [0, 0.1) is 12.3 Å². The molecule has 0 bridgehead atoms. The van der Waals surface area contributed by atoms with Crippen molar-refractivity contribution >= 4 is 17.3 Å². The molecule has 1 fully saturated rings. The average molecular weight is 253 g/mol. The molecule has 2 heterocycles. The molecule has 1 saturated heterocycles. The van der Waals surface area contributed by atoms with Crippen molar-refractivity contribution in [3.05, 3.63) is 21.9 Å². The van der Waals surface area contributed by atoms with Gasteiger partial charge in [0.25, 0.3) is 0 Å². The fraction of sp³-hybridized carbons (Fsp3) is 0.615. The van der Waals surface area contributed by atoms with Crippen molar-refractivity contribution in [3.63, 3.8) is 0 Å². The van der Waals surface area contributed by atoms with Crippen molar-refractivity contribution in [2.45, 2.75) is 33.2 Å². The van der Waals surface area contributed by atoms with Gasteiger partial charge in [0, 0.05) is 22.8 Å². The zero-order valence-corrected chi connectivity index (χ0v) is 11.2. The van der Waals surface area contributed by atoms with Crippen molar-refractivity contribution < 1.29 is 9.90 Å². The number of aliphatic carboxylic acids is 1. The second-order valence-corrected chi connectivity index (χ2v) is 6.56. The Hall–Kier alpha value is -0.870. The van der Waals surface area contributed by atoms with Crippen LogP contribution in [0.3, 0.4) is 0 Å². The highest BCUT2D eigenvalue weighted by Gasteiger charge is 2.37. The third-order valence-corrected chi connectivity index (χ3v) is 4.45. The summed E-state index contributed by atoms with van der Waals surface area (Å²) in [4.78, 5) is 16.2. The molecule has 0 radical (unpaired) electrons. The summed E-state index contributed by atoms with van der Waals surface area (Å²) in [7, 11) is 0. The maximum Gasteiger partial charge on any atom is 0.310 e. The molecule has 1 aromatic rings. The van der Waals surface area contributed by atoms with E-state index in [1.54, 1.807) is 11.3 Å². The number of carboxylic acid groups (broad SMARTS) is 1. The van der Waals surface area contributed by atoms with E-state index < -0.39 is 11.4 Å². The molecule has 3 nitrogen and oxygen atoms in total. The van der Waals surface area contributed by atoms with Gasteiger partial charge in [0.05, 0.1) is 5.41 Å². The monoisotopic (exact) mass is 253 g/mol. The van der Waals surface area contributed by atoms with Crippen molar-refractivity contribution in [1.29, 1.82) is 0 Å². The van der Waals surface area contributed by atoms with E-state index in [0.29, 0.717) is 6.54 Å². The quantitative estimate of drug-likeness (QED) is 0.900. The smallest absolute Gasteiger partial charge is 0.310 e. The van der Waals surface area contributed by atoms with Gasteiger partial charge in [-0.05, 0) is 45.4 Å². The third kappa shape index (κ3) is 2.87. The van der Waals surface area contributed by atoms with E-state index in [-0.39, 0.29) is 0 Å². The number of hydrogen-bond acceptors (Lipinski definition) is 3. The Morgan fingerprint density at radius 2 is 2.35 bits per heavy atom. The van der Waals surface area contributed by atoms with Crippen LogP contribution < -0.4 is 0 Å². The van der Waals surface area contributed by atoms with Crippen molar-refractivity contribution in [2.75, 3.05) is 13.1 Å². The van der Waals surface area contributed by atoms with E-state index in [9.17, 15) is 9.90 Å². The van der Waals surface area contributed by atoms with Gasteiger partial charge in [-0.2, -0.15) is 0 Å². The standard InChI is InChI=1S/C13H19NO2S/c1-10-4-5-11(17-10)8-14-7-3-6-13(2,9-14)12(15)16/h4-5H,3,6-9H2,1-2H3,(H,15,16). The zero-order valence-electron chi connectivity index (χ0n) is 10.4. The Morgan fingerprint density at radius 1 is 1.59 bits per heavy atom. The number of nitrogens with zero attached hydrogens (tertiary/aromatic N) is 1. The zero-order chi connectivity index (χ0) is 12.5. The van der Waals surface area contributed by atoms with Crippen LogP contribution in [0.2, 0.25) is 0 Å². The summed E-state index contributed by atoms with van der Waals surface area (Å²) < 4.78 is 0. The summed E-state index contributed by atoms with van der Waals surface area (Å²) >= 11 is 1.80. The molecule has 0 aromatic carbocycles. The number of thiophene rings is 1. The molecule has 94 valence electrons. The molecule has 0 spiro atoms. The summed E-state index contributed by atoms with van der Waals surface area (Å²) in [5, 5.41) is 9.26. The number of carboxylic acids is 1. The van der Waals surface area contributed by atoms with Gasteiger partial charge in [-0.15, -0.1) is 11.3 Å². The first-order valence-electron chi connectivity index (χ1n) is 6.01. The molecular weight excluding hydrogens is 234 g/mol. The van der Waals surface area contributed by atoms with Crippen LogP contribution in [-0.2, 0) is 11.3 Å². The Kier molecular flexibility index (Phi) is 3.54. The van der Waals surface area contributed by atoms with E-state index in [1.807, 2.05) is 6.92 Å². The van der Waals surface area contributed by atoms with Crippen LogP contribution in [0.4, 0.5) is 0 Å². The Labute approximate surface area is 106 Å². The molecule has 17 heavy (non-hydrogen) atoms. The summed E-state index contributed by atoms with van der Waals surface area (Å²) in [5.74, 6) is -0.662. The minimum Gasteiger partial charge on any atom is -0.481 e. The van der Waals surface area contributed by atoms with Crippen LogP contribution in [0.5, 0.6) is 0 Å². The maximum atomic E-state index is 11.3. The van der Waals surface area contributed by atoms with E-state index >= 15 is 0 Å². The van der Waals surface area contributed by atoms with Gasteiger partial charge in [0.15, 0.2) is 0 Å². The van der Waals surface area contributed by atoms with Crippen LogP contribution in [0.15, 0.2) is 12.1 Å². The first kappa shape index (κ1) is 12.6. The molecule has 0 aliphatic carbocycles. The molecule has 0 amide bonds. The second kappa shape index (κ2) is 4.78. The number of carbonyl (C=O) groups is 1. The van der Waals surface area contributed by atoms with E-state index in [2.05, 4.69) is 24.0 Å². The van der Waals surface area contributed by atoms with Gasteiger partial charge in [-0.3, -0.25) is 9.69 Å². The van der Waals surface area contributed by atoms with Crippen LogP contribution >= 0.6 is 11.3 Å². The van der Waals surface area contributed by atoms with Gasteiger partial charge < -0.3 is 5.11 Å². The van der Waals surface area contributed by atoms with Crippen LogP contribution in [-0.4, -0.2) is 29.1 Å². The largest absolute Gasteiger partial charge is 0.481 e. The highest BCUT2D eigenvalue weighted by atomic mass is 32.1. The minimum absolute atomic E-state index is 0.565. The first-order valence-corrected chi connectivity index (χ1v) is 6.82. The number of hydrogen-bond donors (Lipinski definition) is 1. The lowest BCUT2D eigenvalue weighted by molar-refractivity contribution is -0.151. The van der Waals surface area contributed by atoms with Crippen LogP contribution in [0.25, 0.3) is 0 Å². The Balaban J connectivity index is 2.00. The predicted octanol–water partition coefficient (Wildman–Crippen LogP) is 2.74. The van der Waals surface area contributed by atoms with E-state index in [4.69, 9.17) is 0 Å². The summed E-state index contributed by atoms with van der Waals surface area (Å²) in [6.07, 6.45) is 1.77. The van der Waals surface area contributed by atoms with Gasteiger partial charge >= 0.3 is 5.97 Å². The molecule has 1 aliphatic heterocycles. The fourth-order valence-corrected chi connectivity index (χ4v) is 3.38. The minimum atomic E-state index is -0.662. The molecule has 1 N–H and O–H groups in total. The highest BCUT2D eigenvalue weighted by Crippen LogP contribution is 2.31. The highest BCUT2D eigenvalue weighted by molar-refractivity contribution is 7.11. The summed E-state index contributed by atoms with van der Waals surface area (Å²) in [6, 6.07) is 4.27. The molecule has 2 rings (SSSR count). The second-order valence-electron chi connectivity index (χ2n) is 5.19. The molecule has 1 aliphatic rings. The maximum absolute atomic E-state index is 11.3. The average Bonchev–Trinajstić information content (AvgIpc) is 2.64. The molecule has 1 unspecified atom stereocenters. The SMILES string of the molecule is Cc1ccc(CN2CCCC(C)(C(=O)O)C2)s1. The first-order chi connectivity index (χ1) is 7.99. The molecule has 4 heteroatoms. The predicted molar refractivity (Wildman–Crippen MR) is 69.3 cm³/mol. The van der Waals surface area contributed by atoms with Crippen molar-refractivity contribution in [2.24, 2.45) is 5.41 Å². The van der Waals surface area contributed by atoms with E-state index in [0.717, 1.165) is 25.9 Å². The Morgan fingerprint density at radius 3 is 2.94 bits per heavy atom. The van der Waals surface area contributed by atoms with Gasteiger partial charge in [-0.1, -0.05) is 0 Å². The van der Waals surface area contributed by atoms with Gasteiger partial charge in [-0.25, -0.2) is 0 Å². The number of rotatable bonds is 3. The van der Waals surface area contributed by atoms with Crippen molar-refractivity contribution in [1.82, 2.24) is 4.90 Å². The van der Waals surface area contributed by atoms with Crippen LogP contribution in [0.1, 0.15) is 29.5 Å². The lowest BCUT2D eigenvalue weighted by Crippen LogP contribution is -2.45. The molecule has 1 atom stereocenters. The Bertz CT molecular complexity index is 415. The van der Waals surface area contributed by atoms with Crippen molar-refractivity contribution in [3.8, 4) is 0 Å². The number of aryl methyl sites for hydroxylation is 1. The lowest BCUT2D eigenvalue weighted by atomic mass is 9.82. The summed E-state index contributed by atoms with van der Waals surface area (Å²) in [6.45, 7) is 6.54. The number of piperidine rings is 1. The molecule has 1 aromatic heterocycles. The number of likely N-dealkylation sites (tertiary alicyclic amines) is 1. The normalized spacial score (nSPS) is 26.0. The third-order valence-electron chi connectivity index (χ3n) is 3.47. The molecular formula is C13H19NO2S. The fourth-order valence-electron chi connectivity index (χ4n) is 2.44. The van der Waals surface area contributed by atoms with E-state index in [1.165, 1.54) is 9.75 Å². The lowest BCUT2D eigenvalue weighted by Gasteiger charge is -2.37.